The summed E-state index contributed by atoms with van der Waals surface area (Å²) in [6.07, 6.45) is 0. The van der Waals surface area contributed by atoms with Gasteiger partial charge in [-0.2, -0.15) is 0 Å². The fourth-order valence-electron chi connectivity index (χ4n) is 4.85. The molecule has 0 amide bonds. The molecule has 4 aromatic rings. The highest BCUT2D eigenvalue weighted by Gasteiger charge is 2.45. The summed E-state index contributed by atoms with van der Waals surface area (Å²) >= 11 is 12.2. The third kappa shape index (κ3) is 3.19. The van der Waals surface area contributed by atoms with E-state index in [1.165, 1.54) is 22.3 Å². The normalized spacial score (nSPS) is 20.9. The van der Waals surface area contributed by atoms with Crippen LogP contribution in [0, 0.1) is 0 Å². The summed E-state index contributed by atoms with van der Waals surface area (Å²) in [6.45, 7) is 0. The summed E-state index contributed by atoms with van der Waals surface area (Å²) < 4.78 is 0. The van der Waals surface area contributed by atoms with Crippen molar-refractivity contribution in [3.63, 3.8) is 0 Å². The van der Waals surface area contributed by atoms with Crippen LogP contribution in [0.1, 0.15) is 34.1 Å². The summed E-state index contributed by atoms with van der Waals surface area (Å²) in [5, 5.41) is 1.40. The maximum atomic E-state index is 6.12. The molecule has 4 aromatic carbocycles. The number of aliphatic imine (C=N–C) groups is 2. The summed E-state index contributed by atoms with van der Waals surface area (Å²) in [7, 11) is 0. The smallest absolute Gasteiger partial charge is 0.0754 e. The standard InChI is InChI=1S/C28H18Cl2N2/c29-17-9-13-19(14-10-17)31-27-25-21-5-1-2-6-22(21)26(24-8-4-3-7-23(24)25)28(27)32-20-15-11-18(30)12-16-20/h1-16,25-26H. The van der Waals surface area contributed by atoms with Crippen molar-refractivity contribution in [2.45, 2.75) is 11.8 Å². The highest BCUT2D eigenvalue weighted by molar-refractivity contribution is 6.50. The first kappa shape index (κ1) is 19.5. The molecule has 0 saturated carbocycles. The van der Waals surface area contributed by atoms with Crippen LogP contribution in [-0.2, 0) is 0 Å². The summed E-state index contributed by atoms with van der Waals surface area (Å²) in [5.74, 6) is 0.0725. The molecule has 0 spiro atoms. The molecule has 0 aromatic heterocycles. The Labute approximate surface area is 196 Å². The molecule has 0 N–H and O–H groups in total. The van der Waals surface area contributed by atoms with Crippen molar-refractivity contribution in [2.24, 2.45) is 9.98 Å². The molecule has 0 unspecified atom stereocenters. The Hall–Kier alpha value is -3.20. The number of benzene rings is 4. The van der Waals surface area contributed by atoms with Gasteiger partial charge in [0.25, 0.3) is 0 Å². The van der Waals surface area contributed by atoms with Crippen LogP contribution < -0.4 is 0 Å². The Morgan fingerprint density at radius 2 is 0.750 bits per heavy atom. The number of halogens is 2. The second kappa shape index (κ2) is 7.74. The quantitative estimate of drug-likeness (QED) is 0.293. The van der Waals surface area contributed by atoms with E-state index in [-0.39, 0.29) is 11.8 Å². The van der Waals surface area contributed by atoms with Gasteiger partial charge in [-0.25, -0.2) is 0 Å². The Morgan fingerprint density at radius 1 is 0.438 bits per heavy atom. The van der Waals surface area contributed by atoms with Gasteiger partial charge in [-0.05, 0) is 70.8 Å². The van der Waals surface area contributed by atoms with Crippen molar-refractivity contribution >= 4 is 46.0 Å². The maximum Gasteiger partial charge on any atom is 0.0754 e. The lowest BCUT2D eigenvalue weighted by Crippen LogP contribution is -2.40. The van der Waals surface area contributed by atoms with Crippen LogP contribution in [0.15, 0.2) is 107 Å². The molecule has 2 nitrogen and oxygen atoms in total. The number of rotatable bonds is 2. The van der Waals surface area contributed by atoms with Gasteiger partial charge in [0, 0.05) is 10.0 Å². The predicted octanol–water partition coefficient (Wildman–Crippen LogP) is 8.13. The molecular weight excluding hydrogens is 435 g/mol. The largest absolute Gasteiger partial charge is 0.251 e. The Balaban J connectivity index is 1.64. The maximum absolute atomic E-state index is 6.12. The van der Waals surface area contributed by atoms with Gasteiger partial charge in [-0.1, -0.05) is 71.7 Å². The zero-order valence-corrected chi connectivity index (χ0v) is 18.6. The number of hydrogen-bond donors (Lipinski definition) is 0. The molecule has 0 atom stereocenters. The highest BCUT2D eigenvalue weighted by atomic mass is 35.5. The van der Waals surface area contributed by atoms with Crippen molar-refractivity contribution in [2.75, 3.05) is 0 Å². The van der Waals surface area contributed by atoms with Crippen LogP contribution in [0.4, 0.5) is 11.4 Å². The van der Waals surface area contributed by atoms with Gasteiger partial charge in [0.15, 0.2) is 0 Å². The van der Waals surface area contributed by atoms with Crippen molar-refractivity contribution in [1.29, 1.82) is 0 Å². The van der Waals surface area contributed by atoms with Crippen LogP contribution in [0.25, 0.3) is 0 Å². The van der Waals surface area contributed by atoms with E-state index in [1.807, 2.05) is 48.5 Å². The van der Waals surface area contributed by atoms with Crippen LogP contribution in [0.3, 0.4) is 0 Å². The predicted molar refractivity (Wildman–Crippen MR) is 134 cm³/mol. The first-order valence-corrected chi connectivity index (χ1v) is 11.3. The van der Waals surface area contributed by atoms with Gasteiger partial charge in [0.2, 0.25) is 0 Å². The van der Waals surface area contributed by atoms with Gasteiger partial charge >= 0.3 is 0 Å². The Kier molecular flexibility index (Phi) is 4.71. The fraction of sp³-hybridized carbons (Fsp3) is 0.0714. The molecule has 0 radical (unpaired) electrons. The first-order chi connectivity index (χ1) is 15.7. The molecule has 0 fully saturated rings. The van der Waals surface area contributed by atoms with E-state index in [4.69, 9.17) is 33.2 Å². The SMILES string of the molecule is Clc1ccc(N=C2C(=Nc3ccc(Cl)cc3)C3c4ccccc4C2c2ccccc23)cc1. The molecule has 4 heteroatoms. The Morgan fingerprint density at radius 3 is 1.06 bits per heavy atom. The number of fused-ring (bicyclic) bond motifs is 1. The van der Waals surface area contributed by atoms with E-state index in [1.54, 1.807) is 0 Å². The molecular formula is C28H18Cl2N2. The van der Waals surface area contributed by atoms with Crippen molar-refractivity contribution in [3.8, 4) is 0 Å². The summed E-state index contributed by atoms with van der Waals surface area (Å²) in [5.41, 5.74) is 8.94. The molecule has 154 valence electrons. The van der Waals surface area contributed by atoms with Crippen molar-refractivity contribution in [1.82, 2.24) is 0 Å². The van der Waals surface area contributed by atoms with Gasteiger partial charge in [-0.15, -0.1) is 0 Å². The van der Waals surface area contributed by atoms with Crippen LogP contribution in [0.2, 0.25) is 10.0 Å². The zero-order valence-electron chi connectivity index (χ0n) is 17.0. The van der Waals surface area contributed by atoms with Crippen molar-refractivity contribution in [3.05, 3.63) is 129 Å². The van der Waals surface area contributed by atoms with Gasteiger partial charge in [-0.3, -0.25) is 9.98 Å². The molecule has 3 aliphatic rings. The second-order valence-electron chi connectivity index (χ2n) is 8.07. The van der Waals surface area contributed by atoms with E-state index in [0.29, 0.717) is 10.0 Å². The first-order valence-electron chi connectivity index (χ1n) is 10.6. The minimum atomic E-state index is 0.0362. The van der Waals surface area contributed by atoms with E-state index < -0.39 is 0 Å². The number of hydrogen-bond acceptors (Lipinski definition) is 2. The molecule has 0 heterocycles. The lowest BCUT2D eigenvalue weighted by molar-refractivity contribution is 0.876. The minimum Gasteiger partial charge on any atom is -0.251 e. The van der Waals surface area contributed by atoms with Crippen molar-refractivity contribution < 1.29 is 0 Å². The molecule has 0 aliphatic heterocycles. The minimum absolute atomic E-state index is 0.0362. The fourth-order valence-corrected chi connectivity index (χ4v) is 5.10. The topological polar surface area (TPSA) is 24.7 Å². The molecule has 2 bridgehead atoms. The monoisotopic (exact) mass is 452 g/mol. The third-order valence-electron chi connectivity index (χ3n) is 6.20. The third-order valence-corrected chi connectivity index (χ3v) is 6.70. The highest BCUT2D eigenvalue weighted by Crippen LogP contribution is 2.51. The zero-order chi connectivity index (χ0) is 21.7. The molecule has 7 rings (SSSR count). The average molecular weight is 453 g/mol. The van der Waals surface area contributed by atoms with Crippen LogP contribution in [0.5, 0.6) is 0 Å². The van der Waals surface area contributed by atoms with E-state index in [9.17, 15) is 0 Å². The molecule has 3 aliphatic carbocycles. The van der Waals surface area contributed by atoms with E-state index in [2.05, 4.69) is 48.5 Å². The van der Waals surface area contributed by atoms with Crippen LogP contribution in [-0.4, -0.2) is 11.4 Å². The van der Waals surface area contributed by atoms with Gasteiger partial charge < -0.3 is 0 Å². The van der Waals surface area contributed by atoms with E-state index in [0.717, 1.165) is 22.8 Å². The average Bonchev–Trinajstić information content (AvgIpc) is 2.83. The molecule has 32 heavy (non-hydrogen) atoms. The summed E-state index contributed by atoms with van der Waals surface area (Å²) in [6, 6.07) is 32.6. The Bertz CT molecular complexity index is 1230. The van der Waals surface area contributed by atoms with Crippen LogP contribution >= 0.6 is 23.2 Å². The van der Waals surface area contributed by atoms with Gasteiger partial charge in [0.05, 0.1) is 34.6 Å². The van der Waals surface area contributed by atoms with E-state index >= 15 is 0 Å². The van der Waals surface area contributed by atoms with Gasteiger partial charge in [0.1, 0.15) is 0 Å². The summed E-state index contributed by atoms with van der Waals surface area (Å²) in [4.78, 5) is 10.3. The lowest BCUT2D eigenvalue weighted by atomic mass is 9.62. The lowest BCUT2D eigenvalue weighted by Gasteiger charge is -2.42. The molecule has 0 saturated heterocycles. The second-order valence-corrected chi connectivity index (χ2v) is 8.94. The number of nitrogens with zero attached hydrogens (tertiary/aromatic N) is 2.